The molecule has 27 heavy (non-hydrogen) atoms. The van der Waals surface area contributed by atoms with Gasteiger partial charge in [0.25, 0.3) is 0 Å². The molecule has 1 heterocycles. The average Bonchev–Trinajstić information content (AvgIpc) is 3.07. The van der Waals surface area contributed by atoms with Gasteiger partial charge in [-0.15, -0.1) is 0 Å². The maximum Gasteiger partial charge on any atom is 0.227 e. The van der Waals surface area contributed by atoms with Gasteiger partial charge in [-0.1, -0.05) is 23.7 Å². The van der Waals surface area contributed by atoms with Crippen molar-refractivity contribution >= 4 is 33.5 Å². The van der Waals surface area contributed by atoms with Gasteiger partial charge in [-0.05, 0) is 73.8 Å². The number of hydrogen-bond donors (Lipinski definition) is 0. The van der Waals surface area contributed by atoms with E-state index in [2.05, 4.69) is 42.2 Å². The highest BCUT2D eigenvalue weighted by atomic mass is 35.5. The number of benzene rings is 3. The van der Waals surface area contributed by atoms with E-state index >= 15 is 0 Å². The standard InChI is InChI=1S/C22H21ClN2O2/c1-25(2)11-4-12-26-17-8-9-18-15(13-17)5-3-6-19(18)22-24-20-14-16(23)7-10-21(20)27-22/h3,5-10,13-14H,4,11-12H2,1-2H3. The normalized spacial score (nSPS) is 11.6. The number of fused-ring (bicyclic) bond motifs is 2. The van der Waals surface area contributed by atoms with Crippen molar-refractivity contribution in [3.63, 3.8) is 0 Å². The highest BCUT2D eigenvalue weighted by molar-refractivity contribution is 6.31. The summed E-state index contributed by atoms with van der Waals surface area (Å²) >= 11 is 6.06. The zero-order chi connectivity index (χ0) is 18.8. The van der Waals surface area contributed by atoms with Gasteiger partial charge in [0.1, 0.15) is 11.3 Å². The number of ether oxygens (including phenoxy) is 1. The van der Waals surface area contributed by atoms with E-state index in [-0.39, 0.29) is 0 Å². The Labute approximate surface area is 163 Å². The van der Waals surface area contributed by atoms with Crippen LogP contribution in [-0.2, 0) is 0 Å². The first-order valence-corrected chi connectivity index (χ1v) is 9.35. The SMILES string of the molecule is CN(C)CCCOc1ccc2c(-c3nc4cc(Cl)ccc4o3)cccc2c1. The average molecular weight is 381 g/mol. The Morgan fingerprint density at radius 2 is 1.96 bits per heavy atom. The second kappa shape index (κ2) is 7.59. The molecule has 0 N–H and O–H groups in total. The minimum atomic E-state index is 0.595. The fraction of sp³-hybridized carbons (Fsp3) is 0.227. The van der Waals surface area contributed by atoms with Crippen LogP contribution in [0.4, 0.5) is 0 Å². The Kier molecular flexibility index (Phi) is 5.01. The molecule has 1 aromatic heterocycles. The van der Waals surface area contributed by atoms with Crippen molar-refractivity contribution < 1.29 is 9.15 Å². The van der Waals surface area contributed by atoms with E-state index in [1.54, 1.807) is 0 Å². The minimum absolute atomic E-state index is 0.595. The van der Waals surface area contributed by atoms with E-state index in [1.807, 2.05) is 36.4 Å². The van der Waals surface area contributed by atoms with Crippen LogP contribution in [0.1, 0.15) is 6.42 Å². The van der Waals surface area contributed by atoms with Crippen molar-refractivity contribution in [2.45, 2.75) is 6.42 Å². The molecule has 0 bridgehead atoms. The number of hydrogen-bond acceptors (Lipinski definition) is 4. The number of rotatable bonds is 6. The van der Waals surface area contributed by atoms with E-state index in [0.29, 0.717) is 17.5 Å². The number of nitrogens with zero attached hydrogens (tertiary/aromatic N) is 2. The molecule has 4 rings (SSSR count). The molecule has 0 aliphatic rings. The van der Waals surface area contributed by atoms with Gasteiger partial charge >= 0.3 is 0 Å². The summed E-state index contributed by atoms with van der Waals surface area (Å²) in [5, 5.41) is 2.82. The second-order valence-corrected chi connectivity index (χ2v) is 7.26. The molecule has 4 aromatic rings. The van der Waals surface area contributed by atoms with Crippen molar-refractivity contribution in [3.8, 4) is 17.2 Å². The molecule has 0 saturated carbocycles. The Bertz CT molecular complexity index is 1090. The Morgan fingerprint density at radius 1 is 1.07 bits per heavy atom. The molecule has 4 nitrogen and oxygen atoms in total. The zero-order valence-corrected chi connectivity index (χ0v) is 16.2. The highest BCUT2D eigenvalue weighted by Crippen LogP contribution is 2.33. The van der Waals surface area contributed by atoms with Gasteiger partial charge in [-0.3, -0.25) is 0 Å². The third kappa shape index (κ3) is 3.92. The molecule has 0 fully saturated rings. The number of halogens is 1. The van der Waals surface area contributed by atoms with E-state index in [4.69, 9.17) is 20.8 Å². The van der Waals surface area contributed by atoms with Crippen LogP contribution in [0.2, 0.25) is 5.02 Å². The van der Waals surface area contributed by atoms with Crippen molar-refractivity contribution in [1.29, 1.82) is 0 Å². The lowest BCUT2D eigenvalue weighted by Gasteiger charge is -2.11. The summed E-state index contributed by atoms with van der Waals surface area (Å²) in [5.74, 6) is 1.47. The van der Waals surface area contributed by atoms with Crippen LogP contribution in [0, 0.1) is 0 Å². The molecular weight excluding hydrogens is 360 g/mol. The van der Waals surface area contributed by atoms with Crippen LogP contribution in [0.25, 0.3) is 33.3 Å². The highest BCUT2D eigenvalue weighted by Gasteiger charge is 2.12. The van der Waals surface area contributed by atoms with E-state index in [1.165, 1.54) is 0 Å². The van der Waals surface area contributed by atoms with Crippen LogP contribution >= 0.6 is 11.6 Å². The monoisotopic (exact) mass is 380 g/mol. The Morgan fingerprint density at radius 3 is 2.81 bits per heavy atom. The molecule has 0 aliphatic heterocycles. The summed E-state index contributed by atoms with van der Waals surface area (Å²) in [6.07, 6.45) is 0.997. The maximum atomic E-state index is 6.06. The molecule has 5 heteroatoms. The van der Waals surface area contributed by atoms with Gasteiger partial charge in [-0.2, -0.15) is 0 Å². The fourth-order valence-electron chi connectivity index (χ4n) is 3.12. The molecule has 0 radical (unpaired) electrons. The first kappa shape index (κ1) is 17.8. The lowest BCUT2D eigenvalue weighted by Crippen LogP contribution is -2.15. The quantitative estimate of drug-likeness (QED) is 0.406. The van der Waals surface area contributed by atoms with Gasteiger partial charge in [-0.25, -0.2) is 4.98 Å². The van der Waals surface area contributed by atoms with Gasteiger partial charge in [0, 0.05) is 17.1 Å². The van der Waals surface area contributed by atoms with Gasteiger partial charge in [0.15, 0.2) is 5.58 Å². The van der Waals surface area contributed by atoms with Gasteiger partial charge in [0.2, 0.25) is 5.89 Å². The van der Waals surface area contributed by atoms with Crippen molar-refractivity contribution in [2.75, 3.05) is 27.2 Å². The molecule has 138 valence electrons. The molecule has 0 amide bonds. The molecule has 0 spiro atoms. The smallest absolute Gasteiger partial charge is 0.227 e. The topological polar surface area (TPSA) is 38.5 Å². The molecule has 0 aliphatic carbocycles. The first-order chi connectivity index (χ1) is 13.1. The van der Waals surface area contributed by atoms with Crippen LogP contribution in [0.5, 0.6) is 5.75 Å². The Hall–Kier alpha value is -2.56. The molecule has 0 atom stereocenters. The lowest BCUT2D eigenvalue weighted by molar-refractivity contribution is 0.282. The zero-order valence-electron chi connectivity index (χ0n) is 15.4. The van der Waals surface area contributed by atoms with E-state index in [9.17, 15) is 0 Å². The lowest BCUT2D eigenvalue weighted by atomic mass is 10.0. The third-order valence-corrected chi connectivity index (χ3v) is 4.69. The maximum absolute atomic E-state index is 6.06. The van der Waals surface area contributed by atoms with E-state index in [0.717, 1.165) is 46.2 Å². The largest absolute Gasteiger partial charge is 0.494 e. The van der Waals surface area contributed by atoms with Gasteiger partial charge < -0.3 is 14.1 Å². The number of oxazole rings is 1. The number of aromatic nitrogens is 1. The minimum Gasteiger partial charge on any atom is -0.494 e. The van der Waals surface area contributed by atoms with E-state index < -0.39 is 0 Å². The predicted molar refractivity (Wildman–Crippen MR) is 111 cm³/mol. The summed E-state index contributed by atoms with van der Waals surface area (Å²) < 4.78 is 11.8. The Balaban J connectivity index is 1.63. The fourth-order valence-corrected chi connectivity index (χ4v) is 3.29. The van der Waals surface area contributed by atoms with Crippen molar-refractivity contribution in [2.24, 2.45) is 0 Å². The molecular formula is C22H21ClN2O2. The second-order valence-electron chi connectivity index (χ2n) is 6.82. The summed E-state index contributed by atoms with van der Waals surface area (Å²) in [7, 11) is 4.13. The van der Waals surface area contributed by atoms with Crippen LogP contribution < -0.4 is 4.74 Å². The summed E-state index contributed by atoms with van der Waals surface area (Å²) in [6, 6.07) is 17.7. The summed E-state index contributed by atoms with van der Waals surface area (Å²) in [6.45, 7) is 1.72. The van der Waals surface area contributed by atoms with Crippen LogP contribution in [-0.4, -0.2) is 37.1 Å². The van der Waals surface area contributed by atoms with Crippen LogP contribution in [0.3, 0.4) is 0 Å². The summed E-state index contributed by atoms with van der Waals surface area (Å²) in [5.41, 5.74) is 2.45. The van der Waals surface area contributed by atoms with Crippen molar-refractivity contribution in [1.82, 2.24) is 9.88 Å². The predicted octanol–water partition coefficient (Wildman–Crippen LogP) is 5.63. The molecule has 0 saturated heterocycles. The molecule has 0 unspecified atom stereocenters. The first-order valence-electron chi connectivity index (χ1n) is 8.97. The van der Waals surface area contributed by atoms with Crippen LogP contribution in [0.15, 0.2) is 59.0 Å². The molecule has 3 aromatic carbocycles. The van der Waals surface area contributed by atoms with Gasteiger partial charge in [0.05, 0.1) is 6.61 Å². The van der Waals surface area contributed by atoms with Crippen molar-refractivity contribution in [3.05, 3.63) is 59.6 Å². The third-order valence-electron chi connectivity index (χ3n) is 4.45. The summed E-state index contributed by atoms with van der Waals surface area (Å²) in [4.78, 5) is 6.76.